The number of carbonyl (C=O) groups is 1. The van der Waals surface area contributed by atoms with E-state index in [1.54, 1.807) is 6.92 Å². The molecule has 106 valence electrons. The Labute approximate surface area is 122 Å². The normalized spacial score (nSPS) is 11.0. The Morgan fingerprint density at radius 1 is 1.25 bits per heavy atom. The molecule has 20 heavy (non-hydrogen) atoms. The molecule has 0 bridgehead atoms. The van der Waals surface area contributed by atoms with Gasteiger partial charge in [-0.25, -0.2) is 9.78 Å². The lowest BCUT2D eigenvalue weighted by atomic mass is 10.1. The van der Waals surface area contributed by atoms with E-state index in [4.69, 9.17) is 5.11 Å². The van der Waals surface area contributed by atoms with Gasteiger partial charge >= 0.3 is 5.97 Å². The molecule has 2 rings (SSSR count). The van der Waals surface area contributed by atoms with E-state index in [1.165, 1.54) is 16.9 Å². The van der Waals surface area contributed by atoms with Crippen molar-refractivity contribution in [1.29, 1.82) is 0 Å². The fourth-order valence-corrected chi connectivity index (χ4v) is 2.97. The maximum Gasteiger partial charge on any atom is 0.347 e. The van der Waals surface area contributed by atoms with Crippen LogP contribution in [0.25, 0.3) is 0 Å². The second-order valence-corrected chi connectivity index (χ2v) is 6.14. The van der Waals surface area contributed by atoms with Crippen molar-refractivity contribution in [2.45, 2.75) is 19.9 Å². The third-order valence-corrected chi connectivity index (χ3v) is 4.06. The monoisotopic (exact) mass is 290 g/mol. The summed E-state index contributed by atoms with van der Waals surface area (Å²) in [6.07, 6.45) is 0.682. The van der Waals surface area contributed by atoms with E-state index in [2.05, 4.69) is 34.1 Å². The predicted molar refractivity (Wildman–Crippen MR) is 80.4 cm³/mol. The zero-order valence-corrected chi connectivity index (χ0v) is 12.7. The quantitative estimate of drug-likeness (QED) is 0.920. The van der Waals surface area contributed by atoms with Crippen molar-refractivity contribution in [3.05, 3.63) is 51.0 Å². The molecular weight excluding hydrogens is 272 g/mol. The van der Waals surface area contributed by atoms with E-state index in [-0.39, 0.29) is 0 Å². The van der Waals surface area contributed by atoms with E-state index in [1.807, 2.05) is 14.1 Å². The lowest BCUT2D eigenvalue weighted by molar-refractivity contribution is 0.0701. The summed E-state index contributed by atoms with van der Waals surface area (Å²) < 4.78 is 0. The molecule has 0 saturated carbocycles. The number of carboxylic acids is 1. The van der Waals surface area contributed by atoms with Crippen LogP contribution < -0.4 is 0 Å². The van der Waals surface area contributed by atoms with E-state index in [0.717, 1.165) is 17.1 Å². The molecule has 0 fully saturated rings. The molecule has 2 aromatic rings. The highest BCUT2D eigenvalue weighted by Crippen LogP contribution is 2.21. The summed E-state index contributed by atoms with van der Waals surface area (Å²) in [6.45, 7) is 2.66. The topological polar surface area (TPSA) is 53.4 Å². The standard InChI is InChI=1S/C15H18N2O2S/c1-10-14(15(18)19)20-13(16-10)8-11-4-6-12(7-5-11)9-17(2)3/h4-7H,8-9H2,1-3H3,(H,18,19). The van der Waals surface area contributed by atoms with Crippen molar-refractivity contribution in [3.63, 3.8) is 0 Å². The number of nitrogens with zero attached hydrogens (tertiary/aromatic N) is 2. The Hall–Kier alpha value is -1.72. The largest absolute Gasteiger partial charge is 0.477 e. The van der Waals surface area contributed by atoms with E-state index >= 15 is 0 Å². The minimum atomic E-state index is -0.896. The lowest BCUT2D eigenvalue weighted by Gasteiger charge is -2.09. The molecule has 0 radical (unpaired) electrons. The average molecular weight is 290 g/mol. The van der Waals surface area contributed by atoms with Gasteiger partial charge in [0.05, 0.1) is 10.7 Å². The first-order valence-corrected chi connectivity index (χ1v) is 7.19. The van der Waals surface area contributed by atoms with Crippen molar-refractivity contribution in [1.82, 2.24) is 9.88 Å². The molecule has 0 spiro atoms. The zero-order chi connectivity index (χ0) is 14.7. The second-order valence-electron chi connectivity index (χ2n) is 5.06. The SMILES string of the molecule is Cc1nc(Cc2ccc(CN(C)C)cc2)sc1C(=O)O. The number of rotatable bonds is 5. The summed E-state index contributed by atoms with van der Waals surface area (Å²) in [5.41, 5.74) is 3.01. The van der Waals surface area contributed by atoms with Crippen LogP contribution in [0.4, 0.5) is 0 Å². The highest BCUT2D eigenvalue weighted by molar-refractivity contribution is 7.13. The third kappa shape index (κ3) is 3.65. The van der Waals surface area contributed by atoms with Gasteiger partial charge < -0.3 is 10.0 Å². The van der Waals surface area contributed by atoms with Gasteiger partial charge in [0.25, 0.3) is 0 Å². The molecular formula is C15H18N2O2S. The molecule has 1 aromatic heterocycles. The summed E-state index contributed by atoms with van der Waals surface area (Å²) >= 11 is 1.26. The van der Waals surface area contributed by atoms with Crippen LogP contribution in [-0.2, 0) is 13.0 Å². The van der Waals surface area contributed by atoms with Crippen molar-refractivity contribution < 1.29 is 9.90 Å². The number of benzene rings is 1. The van der Waals surface area contributed by atoms with Gasteiger partial charge in [0, 0.05) is 13.0 Å². The Morgan fingerprint density at radius 2 is 1.85 bits per heavy atom. The molecule has 1 N–H and O–H groups in total. The Kier molecular flexibility index (Phi) is 4.52. The highest BCUT2D eigenvalue weighted by atomic mass is 32.1. The zero-order valence-electron chi connectivity index (χ0n) is 11.9. The molecule has 1 aromatic carbocycles. The van der Waals surface area contributed by atoms with E-state index < -0.39 is 5.97 Å². The van der Waals surface area contributed by atoms with Gasteiger partial charge in [0.1, 0.15) is 4.88 Å². The number of aromatic carboxylic acids is 1. The molecule has 0 atom stereocenters. The minimum Gasteiger partial charge on any atom is -0.477 e. The molecule has 0 unspecified atom stereocenters. The van der Waals surface area contributed by atoms with Crippen LogP contribution in [0.1, 0.15) is 31.5 Å². The van der Waals surface area contributed by atoms with Crippen LogP contribution in [0.15, 0.2) is 24.3 Å². The molecule has 0 aliphatic heterocycles. The summed E-state index contributed by atoms with van der Waals surface area (Å²) in [7, 11) is 4.08. The van der Waals surface area contributed by atoms with Crippen LogP contribution in [0.5, 0.6) is 0 Å². The maximum absolute atomic E-state index is 11.0. The van der Waals surface area contributed by atoms with Crippen LogP contribution in [0.3, 0.4) is 0 Å². The first-order valence-electron chi connectivity index (χ1n) is 6.38. The first kappa shape index (κ1) is 14.7. The Bertz CT molecular complexity index is 603. The van der Waals surface area contributed by atoms with Gasteiger partial charge in [-0.05, 0) is 32.1 Å². The van der Waals surface area contributed by atoms with Crippen molar-refractivity contribution >= 4 is 17.3 Å². The summed E-state index contributed by atoms with van der Waals surface area (Å²) in [6, 6.07) is 8.37. The molecule has 0 saturated heterocycles. The molecule has 5 heteroatoms. The maximum atomic E-state index is 11.0. The van der Waals surface area contributed by atoms with E-state index in [9.17, 15) is 4.79 Å². The molecule has 0 amide bonds. The summed E-state index contributed by atoms with van der Waals surface area (Å²) in [4.78, 5) is 17.8. The number of aromatic nitrogens is 1. The van der Waals surface area contributed by atoms with Crippen molar-refractivity contribution in [2.24, 2.45) is 0 Å². The summed E-state index contributed by atoms with van der Waals surface area (Å²) in [5, 5.41) is 9.88. The summed E-state index contributed by atoms with van der Waals surface area (Å²) in [5.74, 6) is -0.896. The van der Waals surface area contributed by atoms with Gasteiger partial charge in [-0.1, -0.05) is 24.3 Å². The lowest BCUT2D eigenvalue weighted by Crippen LogP contribution is -2.10. The smallest absolute Gasteiger partial charge is 0.347 e. The van der Waals surface area contributed by atoms with Crippen molar-refractivity contribution in [2.75, 3.05) is 14.1 Å². The number of hydrogen-bond acceptors (Lipinski definition) is 4. The minimum absolute atomic E-state index is 0.337. The van der Waals surface area contributed by atoms with Gasteiger partial charge in [0.2, 0.25) is 0 Å². The van der Waals surface area contributed by atoms with Gasteiger partial charge in [-0.2, -0.15) is 0 Å². The molecule has 0 aliphatic rings. The molecule has 4 nitrogen and oxygen atoms in total. The fourth-order valence-electron chi connectivity index (χ4n) is 2.03. The van der Waals surface area contributed by atoms with Crippen molar-refractivity contribution in [3.8, 4) is 0 Å². The average Bonchev–Trinajstić information content (AvgIpc) is 2.72. The van der Waals surface area contributed by atoms with Gasteiger partial charge in [0.15, 0.2) is 0 Å². The molecule has 1 heterocycles. The fraction of sp³-hybridized carbons (Fsp3) is 0.333. The predicted octanol–water partition coefficient (Wildman–Crippen LogP) is 2.80. The Morgan fingerprint density at radius 3 is 2.35 bits per heavy atom. The number of hydrogen-bond donors (Lipinski definition) is 1. The molecule has 0 aliphatic carbocycles. The number of carboxylic acid groups (broad SMARTS) is 1. The van der Waals surface area contributed by atoms with Gasteiger partial charge in [-0.15, -0.1) is 11.3 Å². The van der Waals surface area contributed by atoms with Crippen LogP contribution >= 0.6 is 11.3 Å². The van der Waals surface area contributed by atoms with E-state index in [0.29, 0.717) is 17.0 Å². The Balaban J connectivity index is 2.10. The van der Waals surface area contributed by atoms with Gasteiger partial charge in [-0.3, -0.25) is 0 Å². The number of aryl methyl sites for hydroxylation is 1. The number of thiazole rings is 1. The first-order chi connectivity index (χ1) is 9.45. The van der Waals surface area contributed by atoms with Crippen LogP contribution in [0, 0.1) is 6.92 Å². The highest BCUT2D eigenvalue weighted by Gasteiger charge is 2.13. The van der Waals surface area contributed by atoms with Crippen LogP contribution in [0.2, 0.25) is 0 Å². The van der Waals surface area contributed by atoms with Crippen LogP contribution in [-0.4, -0.2) is 35.1 Å². The second kappa shape index (κ2) is 6.15. The third-order valence-electron chi connectivity index (χ3n) is 2.91.